The van der Waals surface area contributed by atoms with Gasteiger partial charge in [0.05, 0.1) is 28.2 Å². The Morgan fingerprint density at radius 1 is 1.08 bits per heavy atom. The number of aryl methyl sites for hydroxylation is 2. The molecule has 0 aliphatic carbocycles. The number of hydrogen-bond acceptors (Lipinski definition) is 4. The molecule has 2 aromatic rings. The zero-order valence-electron chi connectivity index (χ0n) is 14.5. The lowest BCUT2D eigenvalue weighted by molar-refractivity contribution is -0.137. The Hall–Kier alpha value is -2.64. The first kappa shape index (κ1) is 18.2. The Kier molecular flexibility index (Phi) is 4.84. The summed E-state index contributed by atoms with van der Waals surface area (Å²) in [6.07, 6.45) is -2.45. The minimum absolute atomic E-state index is 0.343. The van der Waals surface area contributed by atoms with Crippen LogP contribution in [0.1, 0.15) is 40.2 Å². The first-order valence-corrected chi connectivity index (χ1v) is 8.35. The van der Waals surface area contributed by atoms with Crippen molar-refractivity contribution in [2.45, 2.75) is 32.9 Å². The first-order valence-electron chi connectivity index (χ1n) is 8.35. The standard InChI is InChI=1S/C18H19F3N4O/c1-11-15(12(2)23-17(22-11)25-9-5-6-10-25)24-16(26)13-7-3-4-8-14(13)18(19,20)21/h3-4,7-8H,5-6,9-10H2,1-2H3,(H,24,26). The minimum Gasteiger partial charge on any atom is -0.341 e. The van der Waals surface area contributed by atoms with Crippen LogP contribution in [0.25, 0.3) is 0 Å². The van der Waals surface area contributed by atoms with Gasteiger partial charge in [-0.2, -0.15) is 13.2 Å². The maximum atomic E-state index is 13.1. The monoisotopic (exact) mass is 364 g/mol. The average molecular weight is 364 g/mol. The van der Waals surface area contributed by atoms with Crippen LogP contribution in [0.5, 0.6) is 0 Å². The van der Waals surface area contributed by atoms with Crippen LogP contribution in [0.3, 0.4) is 0 Å². The van der Waals surface area contributed by atoms with E-state index in [1.165, 1.54) is 12.1 Å². The van der Waals surface area contributed by atoms with Crippen LogP contribution in [0.2, 0.25) is 0 Å². The Bertz CT molecular complexity index is 806. The Morgan fingerprint density at radius 2 is 1.65 bits per heavy atom. The normalized spacial score (nSPS) is 14.6. The number of carbonyl (C=O) groups is 1. The number of aromatic nitrogens is 2. The molecule has 8 heteroatoms. The number of nitrogens with one attached hydrogen (secondary N) is 1. The molecule has 1 amide bonds. The van der Waals surface area contributed by atoms with Gasteiger partial charge in [-0.05, 0) is 38.8 Å². The van der Waals surface area contributed by atoms with E-state index in [0.29, 0.717) is 23.0 Å². The number of alkyl halides is 3. The van der Waals surface area contributed by atoms with Gasteiger partial charge in [-0.15, -0.1) is 0 Å². The van der Waals surface area contributed by atoms with E-state index in [1.807, 2.05) is 0 Å². The molecule has 138 valence electrons. The SMILES string of the molecule is Cc1nc(N2CCCC2)nc(C)c1NC(=O)c1ccccc1C(F)(F)F. The number of rotatable bonds is 3. The molecule has 0 atom stereocenters. The lowest BCUT2D eigenvalue weighted by Gasteiger charge is -2.19. The number of amides is 1. The molecular weight excluding hydrogens is 345 g/mol. The largest absolute Gasteiger partial charge is 0.417 e. The van der Waals surface area contributed by atoms with E-state index < -0.39 is 23.2 Å². The second-order valence-electron chi connectivity index (χ2n) is 6.26. The van der Waals surface area contributed by atoms with Crippen molar-refractivity contribution in [2.75, 3.05) is 23.3 Å². The number of nitrogens with zero attached hydrogens (tertiary/aromatic N) is 3. The fraction of sp³-hybridized carbons (Fsp3) is 0.389. The first-order chi connectivity index (χ1) is 12.3. The Morgan fingerprint density at radius 3 is 2.23 bits per heavy atom. The second-order valence-corrected chi connectivity index (χ2v) is 6.26. The van der Waals surface area contributed by atoms with E-state index in [9.17, 15) is 18.0 Å². The van der Waals surface area contributed by atoms with Crippen molar-refractivity contribution in [3.05, 3.63) is 46.8 Å². The topological polar surface area (TPSA) is 58.1 Å². The molecule has 1 fully saturated rings. The molecule has 1 aliphatic heterocycles. The summed E-state index contributed by atoms with van der Waals surface area (Å²) in [6.45, 7) is 5.17. The van der Waals surface area contributed by atoms with Crippen molar-refractivity contribution in [3.63, 3.8) is 0 Å². The maximum Gasteiger partial charge on any atom is 0.417 e. The molecule has 1 aromatic heterocycles. The predicted octanol–water partition coefficient (Wildman–Crippen LogP) is 3.96. The van der Waals surface area contributed by atoms with Crippen LogP contribution >= 0.6 is 0 Å². The molecule has 0 bridgehead atoms. The highest BCUT2D eigenvalue weighted by Gasteiger charge is 2.35. The molecule has 0 spiro atoms. The van der Waals surface area contributed by atoms with Crippen molar-refractivity contribution in [1.29, 1.82) is 0 Å². The number of benzene rings is 1. The van der Waals surface area contributed by atoms with Crippen LogP contribution in [-0.4, -0.2) is 29.0 Å². The van der Waals surface area contributed by atoms with Gasteiger partial charge >= 0.3 is 6.18 Å². The van der Waals surface area contributed by atoms with Gasteiger partial charge in [0, 0.05) is 13.1 Å². The van der Waals surface area contributed by atoms with E-state index in [4.69, 9.17) is 0 Å². The molecule has 26 heavy (non-hydrogen) atoms. The zero-order chi connectivity index (χ0) is 18.9. The molecule has 1 N–H and O–H groups in total. The van der Waals surface area contributed by atoms with E-state index in [-0.39, 0.29) is 0 Å². The van der Waals surface area contributed by atoms with E-state index in [0.717, 1.165) is 38.1 Å². The fourth-order valence-corrected chi connectivity index (χ4v) is 3.05. The number of halogens is 3. The number of hydrogen-bond donors (Lipinski definition) is 1. The van der Waals surface area contributed by atoms with Crippen molar-refractivity contribution < 1.29 is 18.0 Å². The molecule has 1 saturated heterocycles. The number of anilines is 2. The molecule has 3 rings (SSSR count). The van der Waals surface area contributed by atoms with E-state index >= 15 is 0 Å². The Labute approximate surface area is 149 Å². The van der Waals surface area contributed by atoms with Gasteiger partial charge in [0.25, 0.3) is 5.91 Å². The fourth-order valence-electron chi connectivity index (χ4n) is 3.05. The lowest BCUT2D eigenvalue weighted by atomic mass is 10.1. The summed E-state index contributed by atoms with van der Waals surface area (Å²) in [5.74, 6) is -0.243. The molecule has 1 aromatic carbocycles. The number of carbonyl (C=O) groups excluding carboxylic acids is 1. The van der Waals surface area contributed by atoms with Crippen LogP contribution in [-0.2, 0) is 6.18 Å². The van der Waals surface area contributed by atoms with Crippen molar-refractivity contribution in [2.24, 2.45) is 0 Å². The van der Waals surface area contributed by atoms with Gasteiger partial charge in [-0.1, -0.05) is 12.1 Å². The van der Waals surface area contributed by atoms with Gasteiger partial charge in [0.2, 0.25) is 5.95 Å². The molecule has 0 radical (unpaired) electrons. The highest BCUT2D eigenvalue weighted by molar-refractivity contribution is 6.06. The maximum absolute atomic E-state index is 13.1. The quantitative estimate of drug-likeness (QED) is 0.896. The van der Waals surface area contributed by atoms with E-state index in [1.54, 1.807) is 13.8 Å². The van der Waals surface area contributed by atoms with Crippen molar-refractivity contribution in [1.82, 2.24) is 9.97 Å². The molecule has 2 heterocycles. The molecule has 5 nitrogen and oxygen atoms in total. The summed E-state index contributed by atoms with van der Waals surface area (Å²) in [4.78, 5) is 23.3. The molecule has 1 aliphatic rings. The average Bonchev–Trinajstić information content (AvgIpc) is 3.11. The van der Waals surface area contributed by atoms with Crippen molar-refractivity contribution >= 4 is 17.5 Å². The highest BCUT2D eigenvalue weighted by Crippen LogP contribution is 2.32. The van der Waals surface area contributed by atoms with Gasteiger partial charge in [-0.3, -0.25) is 4.79 Å². The summed E-state index contributed by atoms with van der Waals surface area (Å²) in [5, 5.41) is 2.54. The highest BCUT2D eigenvalue weighted by atomic mass is 19.4. The third-order valence-corrected chi connectivity index (χ3v) is 4.36. The van der Waals surface area contributed by atoms with Gasteiger partial charge in [0.15, 0.2) is 0 Å². The predicted molar refractivity (Wildman–Crippen MR) is 92.4 cm³/mol. The summed E-state index contributed by atoms with van der Waals surface area (Å²) in [6, 6.07) is 4.70. The molecule has 0 saturated carbocycles. The van der Waals surface area contributed by atoms with E-state index in [2.05, 4.69) is 20.2 Å². The smallest absolute Gasteiger partial charge is 0.341 e. The molecular formula is C18H19F3N4O. The minimum atomic E-state index is -4.60. The zero-order valence-corrected chi connectivity index (χ0v) is 14.5. The summed E-state index contributed by atoms with van der Waals surface area (Å²) in [5.41, 5.74) is -0.00534. The van der Waals surface area contributed by atoms with Gasteiger partial charge in [-0.25, -0.2) is 9.97 Å². The summed E-state index contributed by atoms with van der Waals surface area (Å²) >= 11 is 0. The third kappa shape index (κ3) is 3.63. The third-order valence-electron chi connectivity index (χ3n) is 4.36. The van der Waals surface area contributed by atoms with Crippen LogP contribution in [0.15, 0.2) is 24.3 Å². The Balaban J connectivity index is 1.89. The van der Waals surface area contributed by atoms with Crippen LogP contribution in [0, 0.1) is 13.8 Å². The van der Waals surface area contributed by atoms with Crippen LogP contribution < -0.4 is 10.2 Å². The van der Waals surface area contributed by atoms with Gasteiger partial charge < -0.3 is 10.2 Å². The van der Waals surface area contributed by atoms with Crippen LogP contribution in [0.4, 0.5) is 24.8 Å². The summed E-state index contributed by atoms with van der Waals surface area (Å²) in [7, 11) is 0. The van der Waals surface area contributed by atoms with Crippen molar-refractivity contribution in [3.8, 4) is 0 Å². The second kappa shape index (κ2) is 6.93. The molecule has 0 unspecified atom stereocenters. The van der Waals surface area contributed by atoms with Gasteiger partial charge in [0.1, 0.15) is 0 Å². The summed E-state index contributed by atoms with van der Waals surface area (Å²) < 4.78 is 39.4. The lowest BCUT2D eigenvalue weighted by Crippen LogP contribution is -2.23.